The van der Waals surface area contributed by atoms with Gasteiger partial charge in [0.25, 0.3) is 0 Å². The van der Waals surface area contributed by atoms with Gasteiger partial charge in [0.1, 0.15) is 0 Å². The van der Waals surface area contributed by atoms with Crippen molar-refractivity contribution in [3.63, 3.8) is 0 Å². The van der Waals surface area contributed by atoms with Gasteiger partial charge in [-0.15, -0.1) is 0 Å². The highest BCUT2D eigenvalue weighted by molar-refractivity contribution is 7.49. The molecule has 4 aromatic rings. The quantitative estimate of drug-likeness (QED) is 0.0991. The van der Waals surface area contributed by atoms with Crippen LogP contribution < -0.4 is 0 Å². The SMILES string of the molecule is O=P(OCOP(=O)(OCc1ccccc1)OCc1ccccc1)(OCc1ccccc1)OCc1ccccc1. The second-order valence-electron chi connectivity index (χ2n) is 8.31. The standard InChI is InChI=1S/C29H30O8P2/c30-38(32-21-26-13-5-1-6-14-26,33-22-27-15-7-2-8-16-27)36-25-37-39(31,34-23-28-17-9-3-10-18-28)35-24-29-19-11-4-12-20-29/h1-20H,21-25H2. The summed E-state index contributed by atoms with van der Waals surface area (Å²) in [6, 6.07) is 36.7. The van der Waals surface area contributed by atoms with Crippen LogP contribution >= 0.6 is 15.6 Å². The molecule has 204 valence electrons. The minimum Gasteiger partial charge on any atom is -0.282 e. The van der Waals surface area contributed by atoms with E-state index in [0.717, 1.165) is 22.3 Å². The van der Waals surface area contributed by atoms with E-state index in [1.807, 2.05) is 121 Å². The van der Waals surface area contributed by atoms with Gasteiger partial charge in [0.2, 0.25) is 0 Å². The Hall–Kier alpha value is -2.90. The second-order valence-corrected chi connectivity index (χ2v) is 11.6. The molecule has 39 heavy (non-hydrogen) atoms. The first-order valence-electron chi connectivity index (χ1n) is 12.2. The van der Waals surface area contributed by atoms with Crippen LogP contribution in [0.2, 0.25) is 0 Å². The molecule has 10 heteroatoms. The Morgan fingerprint density at radius 2 is 0.590 bits per heavy atom. The molecule has 8 nitrogen and oxygen atoms in total. The third-order valence-corrected chi connectivity index (χ3v) is 7.97. The minimum atomic E-state index is -4.15. The lowest BCUT2D eigenvalue weighted by Crippen LogP contribution is -2.07. The van der Waals surface area contributed by atoms with Gasteiger partial charge in [-0.25, -0.2) is 9.13 Å². The smallest absolute Gasteiger partial charge is 0.282 e. The van der Waals surface area contributed by atoms with Gasteiger partial charge in [0.15, 0.2) is 6.79 Å². The Morgan fingerprint density at radius 1 is 0.359 bits per heavy atom. The zero-order valence-corrected chi connectivity index (χ0v) is 23.0. The van der Waals surface area contributed by atoms with E-state index >= 15 is 0 Å². The van der Waals surface area contributed by atoms with E-state index in [9.17, 15) is 9.13 Å². The highest BCUT2D eigenvalue weighted by atomic mass is 31.2. The zero-order chi connectivity index (χ0) is 27.2. The largest absolute Gasteiger partial charge is 0.477 e. The predicted octanol–water partition coefficient (Wildman–Crippen LogP) is 8.06. The van der Waals surface area contributed by atoms with Crippen LogP contribution in [0.15, 0.2) is 121 Å². The predicted molar refractivity (Wildman–Crippen MR) is 147 cm³/mol. The Kier molecular flexibility index (Phi) is 11.2. The molecule has 0 radical (unpaired) electrons. The fourth-order valence-corrected chi connectivity index (χ4v) is 5.41. The van der Waals surface area contributed by atoms with E-state index in [-0.39, 0.29) is 26.4 Å². The van der Waals surface area contributed by atoms with Gasteiger partial charge in [0.05, 0.1) is 26.4 Å². The first-order chi connectivity index (χ1) is 19.0. The summed E-state index contributed by atoms with van der Waals surface area (Å²) in [5.74, 6) is 0. The van der Waals surface area contributed by atoms with E-state index in [4.69, 9.17) is 27.1 Å². The maximum atomic E-state index is 13.5. The number of hydrogen-bond donors (Lipinski definition) is 0. The fraction of sp³-hybridized carbons (Fsp3) is 0.172. The molecular weight excluding hydrogens is 538 g/mol. The number of hydrogen-bond acceptors (Lipinski definition) is 8. The summed E-state index contributed by atoms with van der Waals surface area (Å²) in [4.78, 5) is 0. The van der Waals surface area contributed by atoms with Crippen molar-refractivity contribution in [2.75, 3.05) is 6.79 Å². The molecule has 4 rings (SSSR count). The van der Waals surface area contributed by atoms with Crippen LogP contribution in [0.4, 0.5) is 0 Å². The molecule has 0 unspecified atom stereocenters. The zero-order valence-electron chi connectivity index (χ0n) is 21.2. The van der Waals surface area contributed by atoms with Crippen LogP contribution in [-0.4, -0.2) is 6.79 Å². The van der Waals surface area contributed by atoms with Crippen molar-refractivity contribution in [3.05, 3.63) is 144 Å². The van der Waals surface area contributed by atoms with Gasteiger partial charge in [-0.3, -0.25) is 27.1 Å². The molecule has 0 aliphatic carbocycles. The molecule has 4 aromatic carbocycles. The Balaban J connectivity index is 1.41. The monoisotopic (exact) mass is 568 g/mol. The van der Waals surface area contributed by atoms with Crippen molar-refractivity contribution >= 4 is 15.6 Å². The van der Waals surface area contributed by atoms with Crippen LogP contribution in [0, 0.1) is 0 Å². The van der Waals surface area contributed by atoms with Gasteiger partial charge in [0, 0.05) is 0 Å². The van der Waals surface area contributed by atoms with Crippen molar-refractivity contribution in [1.82, 2.24) is 0 Å². The van der Waals surface area contributed by atoms with Crippen LogP contribution in [-0.2, 0) is 62.7 Å². The van der Waals surface area contributed by atoms with Crippen LogP contribution in [0.5, 0.6) is 0 Å². The van der Waals surface area contributed by atoms with E-state index < -0.39 is 22.4 Å². The summed E-state index contributed by atoms with van der Waals surface area (Å²) in [6.07, 6.45) is 0. The summed E-state index contributed by atoms with van der Waals surface area (Å²) in [6.45, 7) is -0.833. The highest BCUT2D eigenvalue weighted by Crippen LogP contribution is 2.55. The Bertz CT molecular complexity index is 1140. The van der Waals surface area contributed by atoms with E-state index in [2.05, 4.69) is 0 Å². The van der Waals surface area contributed by atoms with Crippen LogP contribution in [0.1, 0.15) is 22.3 Å². The first-order valence-corrected chi connectivity index (χ1v) is 15.2. The second kappa shape index (κ2) is 15.0. The molecule has 0 amide bonds. The van der Waals surface area contributed by atoms with Crippen molar-refractivity contribution in [1.29, 1.82) is 0 Å². The topological polar surface area (TPSA) is 89.5 Å². The molecule has 0 saturated carbocycles. The maximum absolute atomic E-state index is 13.5. The number of rotatable bonds is 16. The van der Waals surface area contributed by atoms with Gasteiger partial charge in [-0.05, 0) is 22.3 Å². The maximum Gasteiger partial charge on any atom is 0.477 e. The molecular formula is C29H30O8P2. The lowest BCUT2D eigenvalue weighted by molar-refractivity contribution is 0.0124. The van der Waals surface area contributed by atoms with Gasteiger partial charge < -0.3 is 0 Å². The lowest BCUT2D eigenvalue weighted by Gasteiger charge is -2.21. The van der Waals surface area contributed by atoms with E-state index in [1.165, 1.54) is 0 Å². The van der Waals surface area contributed by atoms with Crippen molar-refractivity contribution in [2.24, 2.45) is 0 Å². The average molecular weight is 568 g/mol. The number of phosphoric ester groups is 2. The molecule has 0 aliphatic rings. The molecule has 0 bridgehead atoms. The summed E-state index contributed by atoms with van der Waals surface area (Å²) >= 11 is 0. The summed E-state index contributed by atoms with van der Waals surface area (Å²) in [5, 5.41) is 0. The third kappa shape index (κ3) is 10.3. The molecule has 0 N–H and O–H groups in total. The molecule has 0 fully saturated rings. The van der Waals surface area contributed by atoms with Crippen molar-refractivity contribution in [3.8, 4) is 0 Å². The summed E-state index contributed by atoms with van der Waals surface area (Å²) in [7, 11) is -8.30. The van der Waals surface area contributed by atoms with Gasteiger partial charge in [-0.2, -0.15) is 0 Å². The van der Waals surface area contributed by atoms with E-state index in [0.29, 0.717) is 0 Å². The summed E-state index contributed by atoms with van der Waals surface area (Å²) < 4.78 is 60.1. The molecule has 0 aromatic heterocycles. The summed E-state index contributed by atoms with van der Waals surface area (Å²) in [5.41, 5.74) is 3.09. The third-order valence-electron chi connectivity index (χ3n) is 5.35. The molecule has 0 atom stereocenters. The Labute approximate surface area is 228 Å². The fourth-order valence-electron chi connectivity index (χ4n) is 3.29. The average Bonchev–Trinajstić information content (AvgIpc) is 2.99. The van der Waals surface area contributed by atoms with Gasteiger partial charge in [-0.1, -0.05) is 121 Å². The number of benzene rings is 4. The molecule has 0 spiro atoms. The first kappa shape index (κ1) is 29.1. The van der Waals surface area contributed by atoms with Crippen LogP contribution in [0.25, 0.3) is 0 Å². The van der Waals surface area contributed by atoms with Crippen LogP contribution in [0.3, 0.4) is 0 Å². The minimum absolute atomic E-state index is 0.0282. The molecule has 0 aliphatic heterocycles. The van der Waals surface area contributed by atoms with E-state index in [1.54, 1.807) is 0 Å². The highest BCUT2D eigenvalue weighted by Gasteiger charge is 2.32. The van der Waals surface area contributed by atoms with Gasteiger partial charge >= 0.3 is 15.6 Å². The number of phosphoric acid groups is 2. The molecule has 0 heterocycles. The van der Waals surface area contributed by atoms with Crippen molar-refractivity contribution < 1.29 is 36.3 Å². The Morgan fingerprint density at radius 3 is 0.821 bits per heavy atom. The normalized spacial score (nSPS) is 11.9. The lowest BCUT2D eigenvalue weighted by atomic mass is 10.2. The van der Waals surface area contributed by atoms with Crippen molar-refractivity contribution in [2.45, 2.75) is 26.4 Å². The molecule has 0 saturated heterocycles.